The van der Waals surface area contributed by atoms with Gasteiger partial charge in [-0.3, -0.25) is 14.1 Å². The molecule has 3 N–H and O–H groups in total. The number of hydrogen-bond acceptors (Lipinski definition) is 7. The van der Waals surface area contributed by atoms with Crippen LogP contribution in [0.3, 0.4) is 0 Å². The molecule has 43 heavy (non-hydrogen) atoms. The Kier molecular flexibility index (Phi) is 8.43. The number of carbonyl (C=O) groups is 2. The van der Waals surface area contributed by atoms with Gasteiger partial charge in [0, 0.05) is 41.4 Å². The van der Waals surface area contributed by atoms with Crippen LogP contribution in [-0.4, -0.2) is 31.2 Å². The van der Waals surface area contributed by atoms with Gasteiger partial charge >= 0.3 is 6.09 Å². The van der Waals surface area contributed by atoms with Crippen LogP contribution in [-0.2, 0) is 4.74 Å². The number of nitrogens with one attached hydrogen (secondary N) is 1. The number of nitrogens with zero attached hydrogens (tertiary/aromatic N) is 3. The van der Waals surface area contributed by atoms with Crippen LogP contribution in [0.5, 0.6) is 11.5 Å². The number of fused-ring (bicyclic) bond motifs is 1. The number of rotatable bonds is 7. The van der Waals surface area contributed by atoms with Gasteiger partial charge in [-0.15, -0.1) is 0 Å². The summed E-state index contributed by atoms with van der Waals surface area (Å²) in [6, 6.07) is 16.9. The molecule has 0 spiro atoms. The van der Waals surface area contributed by atoms with Crippen LogP contribution in [0.1, 0.15) is 48.0 Å². The number of ketones is 1. The highest BCUT2D eigenvalue weighted by atomic mass is 127. The lowest BCUT2D eigenvalue weighted by molar-refractivity contribution is 0.0635. The molecule has 2 aromatic heterocycles. The highest BCUT2D eigenvalue weighted by Gasteiger charge is 2.24. The minimum Gasteiger partial charge on any atom is -0.454 e. The zero-order valence-electron chi connectivity index (χ0n) is 24.1. The molecule has 222 valence electrons. The van der Waals surface area contributed by atoms with E-state index >= 15 is 0 Å². The Bertz CT molecular complexity index is 1880. The quantitative estimate of drug-likeness (QED) is 0.129. The smallest absolute Gasteiger partial charge is 0.412 e. The summed E-state index contributed by atoms with van der Waals surface area (Å²) < 4.78 is 28.4. The summed E-state index contributed by atoms with van der Waals surface area (Å²) in [6.07, 6.45) is 0.885. The third-order valence-electron chi connectivity index (χ3n) is 6.55. The van der Waals surface area contributed by atoms with E-state index in [0.717, 1.165) is 22.0 Å². The topological polar surface area (TPSA) is 113 Å². The van der Waals surface area contributed by atoms with Gasteiger partial charge in [-0.05, 0) is 94.3 Å². The molecule has 0 aliphatic heterocycles. The molecule has 0 aliphatic carbocycles. The zero-order valence-corrected chi connectivity index (χ0v) is 27.0. The summed E-state index contributed by atoms with van der Waals surface area (Å²) in [5.41, 5.74) is 10.0. The van der Waals surface area contributed by atoms with Gasteiger partial charge in [-0.2, -0.15) is 5.10 Å². The molecule has 0 atom stereocenters. The van der Waals surface area contributed by atoms with Gasteiger partial charge in [-0.1, -0.05) is 12.1 Å². The van der Waals surface area contributed by atoms with E-state index in [-0.39, 0.29) is 22.9 Å². The molecular formula is C31H29FIN5O4S. The number of aromatic nitrogens is 3. The zero-order chi connectivity index (χ0) is 31.1. The molecule has 0 bridgehead atoms. The maximum Gasteiger partial charge on any atom is 0.412 e. The predicted octanol–water partition coefficient (Wildman–Crippen LogP) is 8.38. The van der Waals surface area contributed by atoms with Gasteiger partial charge in [0.2, 0.25) is 5.78 Å². The Morgan fingerprint density at radius 1 is 1.05 bits per heavy atom. The average molecular weight is 714 g/mol. The highest BCUT2D eigenvalue weighted by Crippen LogP contribution is 2.35. The van der Waals surface area contributed by atoms with Crippen LogP contribution in [0.25, 0.3) is 16.6 Å². The minimum absolute atomic E-state index is 0.118. The van der Waals surface area contributed by atoms with Gasteiger partial charge in [0.05, 0.1) is 23.0 Å². The van der Waals surface area contributed by atoms with E-state index in [2.05, 4.69) is 31.6 Å². The second-order valence-corrected chi connectivity index (χ2v) is 12.6. The molecule has 0 radical (unpaired) electrons. The summed E-state index contributed by atoms with van der Waals surface area (Å²) in [5.74, 6) is -0.0213. The van der Waals surface area contributed by atoms with Crippen LogP contribution in [0, 0.1) is 19.7 Å². The van der Waals surface area contributed by atoms with Crippen molar-refractivity contribution >= 4 is 64.6 Å². The monoisotopic (exact) mass is 713 g/mol. The lowest BCUT2D eigenvalue weighted by Gasteiger charge is -2.20. The first kappa shape index (κ1) is 30.4. The second-order valence-electron chi connectivity index (χ2n) is 10.9. The molecule has 3 aromatic carbocycles. The maximum absolute atomic E-state index is 14.0. The summed E-state index contributed by atoms with van der Waals surface area (Å²) in [6.45, 7) is 9.11. The van der Waals surface area contributed by atoms with Gasteiger partial charge in [0.25, 0.3) is 0 Å². The molecule has 5 rings (SSSR count). The molecule has 5 aromatic rings. The second kappa shape index (κ2) is 11.9. The number of benzene rings is 3. The summed E-state index contributed by atoms with van der Waals surface area (Å²) in [5, 5.41) is 8.04. The molecule has 12 heteroatoms. The predicted molar refractivity (Wildman–Crippen MR) is 176 cm³/mol. The van der Waals surface area contributed by atoms with Crippen molar-refractivity contribution in [1.29, 1.82) is 0 Å². The first-order valence-electron chi connectivity index (χ1n) is 13.2. The fourth-order valence-electron chi connectivity index (χ4n) is 4.57. The first-order valence-corrected chi connectivity index (χ1v) is 16.5. The molecule has 0 fully saturated rings. The van der Waals surface area contributed by atoms with E-state index in [1.165, 1.54) is 26.1 Å². The van der Waals surface area contributed by atoms with Crippen molar-refractivity contribution in [2.24, 2.45) is 0 Å². The van der Waals surface area contributed by atoms with Crippen LogP contribution < -0.4 is 15.8 Å². The van der Waals surface area contributed by atoms with Crippen LogP contribution in [0.15, 0.2) is 66.9 Å². The largest absolute Gasteiger partial charge is 0.454 e. The Hall–Kier alpha value is -4.04. The molecular weight excluding hydrogens is 684 g/mol. The first-order chi connectivity index (χ1) is 20.4. The number of carbonyl (C=O) groups excluding carboxylic acids is 2. The van der Waals surface area contributed by atoms with Crippen molar-refractivity contribution in [3.8, 4) is 17.2 Å². The third-order valence-corrected chi connectivity index (χ3v) is 8.27. The van der Waals surface area contributed by atoms with Crippen LogP contribution in [0.2, 0.25) is 0 Å². The van der Waals surface area contributed by atoms with E-state index in [1.807, 2.05) is 26.0 Å². The Balaban J connectivity index is 1.44. The molecule has 9 nitrogen and oxygen atoms in total. The standard InChI is InChI=1S/C31H29FIN5O4S/c1-17-12-19-14-26(38(43-33)25(19)15-23(17)36-30(40)42-31(3,4)5)28(39)21-16-35-37(29(21)34)24-11-10-20(13-18(24)2)41-27-9-7-6-8-22(27)32/h6-16H,34H2,1-5H3,(H,36,40). The lowest BCUT2D eigenvalue weighted by atomic mass is 10.1. The molecule has 0 saturated carbocycles. The summed E-state index contributed by atoms with van der Waals surface area (Å²) >= 11 is 2.11. The van der Waals surface area contributed by atoms with Crippen molar-refractivity contribution in [3.05, 3.63) is 95.1 Å². The van der Waals surface area contributed by atoms with Gasteiger partial charge in [0.15, 0.2) is 11.6 Å². The fraction of sp³-hybridized carbons (Fsp3) is 0.194. The van der Waals surface area contributed by atoms with Crippen molar-refractivity contribution in [3.63, 3.8) is 0 Å². The Morgan fingerprint density at radius 3 is 2.47 bits per heavy atom. The fourth-order valence-corrected chi connectivity index (χ4v) is 6.29. The number of nitrogen functional groups attached to an aromatic ring is 1. The van der Waals surface area contributed by atoms with E-state index in [9.17, 15) is 14.0 Å². The van der Waals surface area contributed by atoms with Crippen molar-refractivity contribution < 1.29 is 23.5 Å². The van der Waals surface area contributed by atoms with Crippen LogP contribution >= 0.6 is 30.3 Å². The van der Waals surface area contributed by atoms with Gasteiger partial charge < -0.3 is 15.2 Å². The minimum atomic E-state index is -0.639. The van der Waals surface area contributed by atoms with E-state index in [0.29, 0.717) is 22.8 Å². The summed E-state index contributed by atoms with van der Waals surface area (Å²) in [7, 11) is 1.33. The van der Waals surface area contributed by atoms with Crippen molar-refractivity contribution in [2.45, 2.75) is 40.2 Å². The number of ether oxygens (including phenoxy) is 2. The van der Waals surface area contributed by atoms with E-state index in [1.54, 1.807) is 67.2 Å². The highest BCUT2D eigenvalue weighted by molar-refractivity contribution is 14.2. The SMILES string of the molecule is Cc1cc2cc(C(=O)c3cnn(-c4ccc(Oc5ccccc5F)cc4C)c3N)n(SI)c2cc1NC(=O)OC(C)(C)C. The van der Waals surface area contributed by atoms with Gasteiger partial charge in [-0.25, -0.2) is 13.9 Å². The number of anilines is 2. The Morgan fingerprint density at radius 2 is 1.79 bits per heavy atom. The molecule has 0 saturated heterocycles. The number of halogens is 2. The summed E-state index contributed by atoms with van der Waals surface area (Å²) in [4.78, 5) is 26.2. The van der Waals surface area contributed by atoms with Gasteiger partial charge in [0.1, 0.15) is 22.9 Å². The number of para-hydroxylation sites is 1. The molecule has 0 unspecified atom stereocenters. The normalized spacial score (nSPS) is 11.5. The maximum atomic E-state index is 14.0. The Labute approximate surface area is 264 Å². The number of nitrogens with two attached hydrogens (primary N) is 1. The van der Waals surface area contributed by atoms with Crippen molar-refractivity contribution in [2.75, 3.05) is 11.1 Å². The van der Waals surface area contributed by atoms with E-state index < -0.39 is 17.5 Å². The van der Waals surface area contributed by atoms with Crippen LogP contribution in [0.4, 0.5) is 20.7 Å². The number of hydrogen-bond donors (Lipinski definition) is 2. The molecule has 0 aliphatic rings. The lowest BCUT2D eigenvalue weighted by Crippen LogP contribution is -2.27. The average Bonchev–Trinajstić information content (AvgIpc) is 3.48. The molecule has 2 heterocycles. The van der Waals surface area contributed by atoms with Crippen molar-refractivity contribution in [1.82, 2.24) is 13.8 Å². The number of aryl methyl sites for hydroxylation is 2. The number of amides is 1. The third kappa shape index (κ3) is 6.34. The van der Waals surface area contributed by atoms with E-state index in [4.69, 9.17) is 15.2 Å². The molecule has 1 amide bonds.